The highest BCUT2D eigenvalue weighted by molar-refractivity contribution is 5.48. The molecule has 0 aromatic heterocycles. The molecule has 0 amide bonds. The summed E-state index contributed by atoms with van der Waals surface area (Å²) >= 11 is 0. The summed E-state index contributed by atoms with van der Waals surface area (Å²) in [6.45, 7) is 1.82. The Balaban J connectivity index is 4.24. The van der Waals surface area contributed by atoms with Crippen LogP contribution in [0.4, 0.5) is 0 Å². The second-order valence-electron chi connectivity index (χ2n) is 6.06. The molecule has 0 N–H and O–H groups in total. The van der Waals surface area contributed by atoms with E-state index in [1.807, 2.05) is 19.1 Å². The molecule has 27 heavy (non-hydrogen) atoms. The molecule has 7 heteroatoms. The van der Waals surface area contributed by atoms with Gasteiger partial charge in [-0.05, 0) is 44.3 Å². The summed E-state index contributed by atoms with van der Waals surface area (Å²) < 4.78 is 0. The number of carbonyl (C=O) groups excluding carboxylic acids is 1. The Morgan fingerprint density at radius 2 is 1.33 bits per heavy atom. The maximum atomic E-state index is 11.1. The van der Waals surface area contributed by atoms with Gasteiger partial charge in [0.15, 0.2) is 0 Å². The van der Waals surface area contributed by atoms with Gasteiger partial charge in [0.2, 0.25) is 11.4 Å². The third-order valence-corrected chi connectivity index (χ3v) is 3.83. The summed E-state index contributed by atoms with van der Waals surface area (Å²) in [5.74, 6) is 0. The Kier molecular flexibility index (Phi) is 15.3. The lowest BCUT2D eigenvalue weighted by Gasteiger charge is -1.96. The van der Waals surface area contributed by atoms with E-state index in [0.29, 0.717) is 19.3 Å². The Labute approximate surface area is 160 Å². The first-order valence-electron chi connectivity index (χ1n) is 9.43. The van der Waals surface area contributed by atoms with Crippen LogP contribution < -0.4 is 0 Å². The molecule has 0 unspecified atom stereocenters. The lowest BCUT2D eigenvalue weighted by Crippen LogP contribution is -1.98. The lowest BCUT2D eigenvalue weighted by molar-refractivity contribution is -0.427. The third kappa shape index (κ3) is 14.3. The largest absolute Gasteiger partial charge is 0.303 e. The van der Waals surface area contributed by atoms with Gasteiger partial charge in [-0.1, -0.05) is 44.1 Å². The summed E-state index contributed by atoms with van der Waals surface area (Å²) in [7, 11) is 0. The number of nitro groups is 2. The number of hydrogen-bond donors (Lipinski definition) is 0. The molecule has 0 rings (SSSR count). The second kappa shape index (κ2) is 16.9. The van der Waals surface area contributed by atoms with Crippen molar-refractivity contribution in [3.63, 3.8) is 0 Å². The van der Waals surface area contributed by atoms with Gasteiger partial charge in [0.05, 0.1) is 22.7 Å². The van der Waals surface area contributed by atoms with Crippen molar-refractivity contribution in [1.29, 1.82) is 0 Å². The van der Waals surface area contributed by atoms with E-state index < -0.39 is 9.85 Å². The molecule has 0 spiro atoms. The van der Waals surface area contributed by atoms with E-state index in [-0.39, 0.29) is 24.2 Å². The second-order valence-corrected chi connectivity index (χ2v) is 6.06. The van der Waals surface area contributed by atoms with Gasteiger partial charge in [-0.2, -0.15) is 0 Å². The molecule has 0 radical (unpaired) electrons. The van der Waals surface area contributed by atoms with E-state index in [2.05, 4.69) is 0 Å². The standard InChI is InChI=1S/C20H30N2O5/c1-2-14-19(21(24)25)16-11-12-17-20(22(26)27)15-10-8-6-4-3-5-7-9-13-18-23/h6,8,11-12,14-15,18H,2-5,7,9-10,13,16-17H2,1H3/b8-6+,12-11+,19-14-,20-15-. The number of nitrogens with zero attached hydrogens (tertiary/aromatic N) is 2. The molecule has 0 aromatic rings. The third-order valence-electron chi connectivity index (χ3n) is 3.83. The van der Waals surface area contributed by atoms with Gasteiger partial charge in [-0.3, -0.25) is 20.2 Å². The van der Waals surface area contributed by atoms with Gasteiger partial charge < -0.3 is 4.79 Å². The zero-order chi connectivity index (χ0) is 20.3. The Hall–Kier alpha value is -2.57. The molecule has 0 fully saturated rings. The Morgan fingerprint density at radius 3 is 1.85 bits per heavy atom. The predicted molar refractivity (Wildman–Crippen MR) is 106 cm³/mol. The van der Waals surface area contributed by atoms with Gasteiger partial charge in [0.25, 0.3) is 0 Å². The van der Waals surface area contributed by atoms with Crippen LogP contribution in [0.15, 0.2) is 47.9 Å². The maximum Gasteiger partial charge on any atom is 0.246 e. The van der Waals surface area contributed by atoms with E-state index in [1.54, 1.807) is 24.3 Å². The highest BCUT2D eigenvalue weighted by Crippen LogP contribution is 2.10. The minimum atomic E-state index is -0.425. The number of carbonyl (C=O) groups is 1. The number of aldehydes is 1. The highest BCUT2D eigenvalue weighted by Gasteiger charge is 2.09. The van der Waals surface area contributed by atoms with Crippen LogP contribution in [0.5, 0.6) is 0 Å². The molecule has 0 heterocycles. The van der Waals surface area contributed by atoms with Gasteiger partial charge in [-0.25, -0.2) is 0 Å². The van der Waals surface area contributed by atoms with E-state index in [4.69, 9.17) is 0 Å². The predicted octanol–water partition coefficient (Wildman–Crippen LogP) is 5.54. The van der Waals surface area contributed by atoms with E-state index in [9.17, 15) is 25.0 Å². The molecule has 0 aliphatic rings. The first-order chi connectivity index (χ1) is 13.0. The van der Waals surface area contributed by atoms with Crippen LogP contribution in [0.1, 0.15) is 71.1 Å². The van der Waals surface area contributed by atoms with E-state index >= 15 is 0 Å². The Bertz CT molecular complexity index is 577. The van der Waals surface area contributed by atoms with Crippen molar-refractivity contribution in [2.45, 2.75) is 71.1 Å². The van der Waals surface area contributed by atoms with Crippen molar-refractivity contribution in [3.05, 3.63) is 68.1 Å². The van der Waals surface area contributed by atoms with Crippen molar-refractivity contribution in [3.8, 4) is 0 Å². The molecule has 0 atom stereocenters. The number of rotatable bonds is 16. The number of unbranched alkanes of at least 4 members (excludes halogenated alkanes) is 5. The average Bonchev–Trinajstić information content (AvgIpc) is 2.63. The average molecular weight is 378 g/mol. The fourth-order valence-electron chi connectivity index (χ4n) is 2.37. The van der Waals surface area contributed by atoms with Crippen molar-refractivity contribution < 1.29 is 14.6 Å². The van der Waals surface area contributed by atoms with Crippen LogP contribution in [0, 0.1) is 20.2 Å². The molecular formula is C20H30N2O5. The quantitative estimate of drug-likeness (QED) is 0.115. The van der Waals surface area contributed by atoms with Crippen LogP contribution in [-0.4, -0.2) is 16.1 Å². The van der Waals surface area contributed by atoms with Crippen LogP contribution in [-0.2, 0) is 4.79 Å². The van der Waals surface area contributed by atoms with Gasteiger partial charge in [0, 0.05) is 6.42 Å². The molecule has 150 valence electrons. The SMILES string of the molecule is CC/C=C(/C/C=C/C/C(=C/C/C=C/CCCCCCC=O)[N+](=O)[O-])[N+](=O)[O-]. The van der Waals surface area contributed by atoms with E-state index in [1.165, 1.54) is 0 Å². The normalized spacial score (nSPS) is 12.8. The minimum Gasteiger partial charge on any atom is -0.303 e. The first-order valence-corrected chi connectivity index (χ1v) is 9.43. The molecule has 0 saturated heterocycles. The zero-order valence-electron chi connectivity index (χ0n) is 16.0. The van der Waals surface area contributed by atoms with Crippen LogP contribution in [0.3, 0.4) is 0 Å². The number of hydrogen-bond acceptors (Lipinski definition) is 5. The molecule has 0 saturated carbocycles. The van der Waals surface area contributed by atoms with Gasteiger partial charge in [-0.15, -0.1) is 0 Å². The maximum absolute atomic E-state index is 11.1. The number of allylic oxidation sites excluding steroid dienone is 6. The first kappa shape index (κ1) is 24.4. The molecule has 0 aliphatic heterocycles. The molecule has 0 bridgehead atoms. The van der Waals surface area contributed by atoms with Crippen LogP contribution >= 0.6 is 0 Å². The van der Waals surface area contributed by atoms with Crippen molar-refractivity contribution >= 4 is 6.29 Å². The van der Waals surface area contributed by atoms with Crippen LogP contribution in [0.2, 0.25) is 0 Å². The fourth-order valence-corrected chi connectivity index (χ4v) is 2.37. The highest BCUT2D eigenvalue weighted by atomic mass is 16.6. The lowest BCUT2D eigenvalue weighted by atomic mass is 10.1. The van der Waals surface area contributed by atoms with Crippen molar-refractivity contribution in [2.24, 2.45) is 0 Å². The minimum absolute atomic E-state index is 0.0897. The monoisotopic (exact) mass is 378 g/mol. The summed E-state index contributed by atoms with van der Waals surface area (Å²) in [6.07, 6.45) is 18.2. The summed E-state index contributed by atoms with van der Waals surface area (Å²) in [4.78, 5) is 31.2. The van der Waals surface area contributed by atoms with Gasteiger partial charge >= 0.3 is 0 Å². The smallest absolute Gasteiger partial charge is 0.246 e. The molecular weight excluding hydrogens is 348 g/mol. The van der Waals surface area contributed by atoms with Crippen molar-refractivity contribution in [2.75, 3.05) is 0 Å². The summed E-state index contributed by atoms with van der Waals surface area (Å²) in [5, 5.41) is 21.9. The topological polar surface area (TPSA) is 103 Å². The van der Waals surface area contributed by atoms with Gasteiger partial charge in [0.1, 0.15) is 6.29 Å². The molecule has 7 nitrogen and oxygen atoms in total. The van der Waals surface area contributed by atoms with Crippen molar-refractivity contribution in [1.82, 2.24) is 0 Å². The van der Waals surface area contributed by atoms with E-state index in [0.717, 1.165) is 38.4 Å². The zero-order valence-corrected chi connectivity index (χ0v) is 16.0. The summed E-state index contributed by atoms with van der Waals surface area (Å²) in [6, 6.07) is 0. The molecule has 0 aromatic carbocycles. The molecule has 0 aliphatic carbocycles. The van der Waals surface area contributed by atoms with Crippen LogP contribution in [0.25, 0.3) is 0 Å². The summed E-state index contributed by atoms with van der Waals surface area (Å²) in [5.41, 5.74) is 0.196. The Morgan fingerprint density at radius 1 is 0.778 bits per heavy atom. The fraction of sp³-hybridized carbons (Fsp3) is 0.550.